The van der Waals surface area contributed by atoms with Crippen molar-refractivity contribution in [1.29, 1.82) is 0 Å². The Balaban J connectivity index is 2.44. The molecule has 1 aliphatic rings. The van der Waals surface area contributed by atoms with Gasteiger partial charge in [-0.05, 0) is 24.1 Å². The number of carbonyl (C=O) groups is 1. The summed E-state index contributed by atoms with van der Waals surface area (Å²) in [7, 11) is 0. The Morgan fingerprint density at radius 1 is 1.62 bits per heavy atom. The summed E-state index contributed by atoms with van der Waals surface area (Å²) in [6, 6.07) is 4.31. The van der Waals surface area contributed by atoms with Crippen LogP contribution in [0.3, 0.4) is 0 Å². The molecule has 2 rings (SSSR count). The van der Waals surface area contributed by atoms with Gasteiger partial charge in [0, 0.05) is 10.5 Å². The summed E-state index contributed by atoms with van der Waals surface area (Å²) in [4.78, 5) is 13.5. The van der Waals surface area contributed by atoms with E-state index in [9.17, 15) is 4.79 Å². The second-order valence-electron chi connectivity index (χ2n) is 3.42. The van der Waals surface area contributed by atoms with Crippen LogP contribution in [0.15, 0.2) is 23.3 Å². The van der Waals surface area contributed by atoms with Gasteiger partial charge >= 0.3 is 5.97 Å². The molecule has 1 N–H and O–H groups in total. The first-order valence-corrected chi connectivity index (χ1v) is 4.76. The van der Waals surface area contributed by atoms with Gasteiger partial charge in [0.25, 0.3) is 0 Å². The van der Waals surface area contributed by atoms with Crippen molar-refractivity contribution in [2.24, 2.45) is 5.11 Å². The Morgan fingerprint density at radius 3 is 3.12 bits per heavy atom. The molecule has 0 fully saturated rings. The molecule has 0 bridgehead atoms. The third kappa shape index (κ3) is 1.78. The van der Waals surface area contributed by atoms with Gasteiger partial charge in [0.15, 0.2) is 0 Å². The average molecular weight is 219 g/mol. The molecule has 6 heteroatoms. The number of fused-ring (bicyclic) bond motifs is 1. The molecule has 1 heterocycles. The van der Waals surface area contributed by atoms with Gasteiger partial charge in [-0.1, -0.05) is 11.2 Å². The van der Waals surface area contributed by atoms with Gasteiger partial charge in [0.1, 0.15) is 5.75 Å². The van der Waals surface area contributed by atoms with Gasteiger partial charge in [-0.2, -0.15) is 0 Å². The summed E-state index contributed by atoms with van der Waals surface area (Å²) in [6.45, 7) is 0.430. The smallest absolute Gasteiger partial charge is 0.335 e. The van der Waals surface area contributed by atoms with Crippen LogP contribution >= 0.6 is 0 Å². The molecule has 1 aliphatic heterocycles. The topological polar surface area (TPSA) is 95.3 Å². The van der Waals surface area contributed by atoms with E-state index in [1.807, 2.05) is 0 Å². The van der Waals surface area contributed by atoms with Crippen molar-refractivity contribution in [3.05, 3.63) is 39.8 Å². The molecule has 82 valence electrons. The maximum atomic E-state index is 10.8. The summed E-state index contributed by atoms with van der Waals surface area (Å²) in [5, 5.41) is 12.5. The lowest BCUT2D eigenvalue weighted by molar-refractivity contribution is 0.0696. The highest BCUT2D eigenvalue weighted by Crippen LogP contribution is 2.35. The molecule has 0 saturated heterocycles. The Kier molecular flexibility index (Phi) is 2.66. The van der Waals surface area contributed by atoms with E-state index in [1.165, 1.54) is 12.1 Å². The predicted octanol–water partition coefficient (Wildman–Crippen LogP) is 2.52. The molecular formula is C10H9N3O3. The second-order valence-corrected chi connectivity index (χ2v) is 3.42. The van der Waals surface area contributed by atoms with Crippen LogP contribution in [-0.4, -0.2) is 17.7 Å². The van der Waals surface area contributed by atoms with Crippen LogP contribution in [-0.2, 0) is 0 Å². The second kappa shape index (κ2) is 4.12. The van der Waals surface area contributed by atoms with Crippen molar-refractivity contribution in [2.75, 3.05) is 6.61 Å². The fourth-order valence-corrected chi connectivity index (χ4v) is 1.69. The molecule has 16 heavy (non-hydrogen) atoms. The highest BCUT2D eigenvalue weighted by Gasteiger charge is 2.21. The van der Waals surface area contributed by atoms with Crippen molar-refractivity contribution in [3.8, 4) is 5.75 Å². The molecule has 0 saturated carbocycles. The summed E-state index contributed by atoms with van der Waals surface area (Å²) in [5.41, 5.74) is 9.32. The van der Waals surface area contributed by atoms with Gasteiger partial charge in [-0.3, -0.25) is 0 Å². The SMILES string of the molecule is [N-]=[N+]=NC1CCOc2cc(C(=O)O)ccc21. The third-order valence-electron chi connectivity index (χ3n) is 2.46. The number of ether oxygens (including phenoxy) is 1. The molecule has 0 radical (unpaired) electrons. The van der Waals surface area contributed by atoms with Crippen molar-refractivity contribution in [2.45, 2.75) is 12.5 Å². The average Bonchev–Trinajstić information content (AvgIpc) is 2.29. The largest absolute Gasteiger partial charge is 0.493 e. The minimum Gasteiger partial charge on any atom is -0.493 e. The first-order valence-electron chi connectivity index (χ1n) is 4.76. The lowest BCUT2D eigenvalue weighted by atomic mass is 9.99. The standard InChI is InChI=1S/C10H9N3O3/c11-13-12-8-3-4-16-9-5-6(10(14)15)1-2-7(8)9/h1-2,5,8H,3-4H2,(H,14,15). The molecule has 0 amide bonds. The van der Waals surface area contributed by atoms with Gasteiger partial charge in [0.2, 0.25) is 0 Å². The Morgan fingerprint density at radius 2 is 2.44 bits per heavy atom. The molecule has 6 nitrogen and oxygen atoms in total. The van der Waals surface area contributed by atoms with Gasteiger partial charge < -0.3 is 9.84 Å². The maximum absolute atomic E-state index is 10.8. The van der Waals surface area contributed by atoms with Gasteiger partial charge in [-0.15, -0.1) is 0 Å². The Hall–Kier alpha value is -2.20. The number of hydrogen-bond acceptors (Lipinski definition) is 3. The number of aromatic carboxylic acids is 1. The number of benzene rings is 1. The maximum Gasteiger partial charge on any atom is 0.335 e. The summed E-state index contributed by atoms with van der Waals surface area (Å²) in [6.07, 6.45) is 0.615. The van der Waals surface area contributed by atoms with Crippen molar-refractivity contribution in [1.82, 2.24) is 0 Å². The fraction of sp³-hybridized carbons (Fsp3) is 0.300. The van der Waals surface area contributed by atoms with Crippen LogP contribution in [0.25, 0.3) is 10.4 Å². The zero-order valence-electron chi connectivity index (χ0n) is 8.33. The highest BCUT2D eigenvalue weighted by atomic mass is 16.5. The van der Waals surface area contributed by atoms with Crippen molar-refractivity contribution >= 4 is 5.97 Å². The van der Waals surface area contributed by atoms with E-state index < -0.39 is 5.97 Å². The lowest BCUT2D eigenvalue weighted by Crippen LogP contribution is -2.13. The molecule has 1 aromatic carbocycles. The Bertz CT molecular complexity index is 480. The predicted molar refractivity (Wildman–Crippen MR) is 55.4 cm³/mol. The molecule has 1 aromatic rings. The van der Waals surface area contributed by atoms with E-state index in [2.05, 4.69) is 10.0 Å². The molecule has 0 aliphatic carbocycles. The number of rotatable bonds is 2. The number of carboxylic acid groups (broad SMARTS) is 1. The lowest BCUT2D eigenvalue weighted by Gasteiger charge is -2.22. The van der Waals surface area contributed by atoms with Crippen molar-refractivity contribution < 1.29 is 14.6 Å². The van der Waals surface area contributed by atoms with Crippen LogP contribution in [0, 0.1) is 0 Å². The first kappa shape index (κ1) is 10.3. The number of nitrogens with zero attached hydrogens (tertiary/aromatic N) is 3. The number of azide groups is 1. The molecule has 1 unspecified atom stereocenters. The van der Waals surface area contributed by atoms with E-state index in [0.717, 1.165) is 5.56 Å². The zero-order valence-corrected chi connectivity index (χ0v) is 8.33. The number of carboxylic acids is 1. The molecule has 0 aromatic heterocycles. The van der Waals surface area contributed by atoms with Crippen molar-refractivity contribution in [3.63, 3.8) is 0 Å². The molecular weight excluding hydrogens is 210 g/mol. The summed E-state index contributed by atoms with van der Waals surface area (Å²) in [5.74, 6) is -0.513. The normalized spacial score (nSPS) is 17.9. The van der Waals surface area contributed by atoms with Gasteiger partial charge in [0.05, 0.1) is 18.2 Å². The van der Waals surface area contributed by atoms with Crippen LogP contribution < -0.4 is 4.74 Å². The quantitative estimate of drug-likeness (QED) is 0.470. The number of hydrogen-bond donors (Lipinski definition) is 1. The monoisotopic (exact) mass is 219 g/mol. The third-order valence-corrected chi connectivity index (χ3v) is 2.46. The molecule has 1 atom stereocenters. The van der Waals surface area contributed by atoms with E-state index in [1.54, 1.807) is 6.07 Å². The fourth-order valence-electron chi connectivity index (χ4n) is 1.69. The van der Waals surface area contributed by atoms with E-state index in [4.69, 9.17) is 15.4 Å². The minimum absolute atomic E-state index is 0.167. The summed E-state index contributed by atoms with van der Waals surface area (Å²) < 4.78 is 5.34. The van der Waals surface area contributed by atoms with Crippen LogP contribution in [0.4, 0.5) is 0 Å². The summed E-state index contributed by atoms with van der Waals surface area (Å²) >= 11 is 0. The first-order chi connectivity index (χ1) is 7.72. The van der Waals surface area contributed by atoms with Gasteiger partial charge in [-0.25, -0.2) is 4.79 Å². The van der Waals surface area contributed by atoms with Crippen LogP contribution in [0.5, 0.6) is 5.75 Å². The van der Waals surface area contributed by atoms with Crippen LogP contribution in [0.2, 0.25) is 0 Å². The molecule has 0 spiro atoms. The highest BCUT2D eigenvalue weighted by molar-refractivity contribution is 5.88. The Labute approximate surface area is 91.1 Å². The van der Waals surface area contributed by atoms with E-state index in [0.29, 0.717) is 18.8 Å². The zero-order chi connectivity index (χ0) is 11.5. The van der Waals surface area contributed by atoms with Crippen LogP contribution in [0.1, 0.15) is 28.4 Å². The van der Waals surface area contributed by atoms with E-state index in [-0.39, 0.29) is 11.6 Å². The minimum atomic E-state index is -1.00. The van der Waals surface area contributed by atoms with E-state index >= 15 is 0 Å².